The van der Waals surface area contributed by atoms with Crippen molar-refractivity contribution in [1.29, 1.82) is 0 Å². The van der Waals surface area contributed by atoms with Gasteiger partial charge in [0, 0.05) is 12.8 Å². The Morgan fingerprint density at radius 2 is 1.08 bits per heavy atom. The first-order valence-electron chi connectivity index (χ1n) is 10.3. The van der Waals surface area contributed by atoms with Gasteiger partial charge in [0.05, 0.1) is 0 Å². The van der Waals surface area contributed by atoms with Gasteiger partial charge in [0.25, 0.3) is 0 Å². The van der Waals surface area contributed by atoms with Crippen LogP contribution in [0.25, 0.3) is 0 Å². The molecular formula is C21H40O4. The fraction of sp³-hybridized carbons (Fsp3) is 0.905. The second-order valence-electron chi connectivity index (χ2n) is 7.26. The van der Waals surface area contributed by atoms with E-state index in [-0.39, 0.29) is 37.0 Å². The van der Waals surface area contributed by atoms with Crippen LogP contribution in [-0.4, -0.2) is 24.1 Å². The summed E-state index contributed by atoms with van der Waals surface area (Å²) < 4.78 is 11.2. The van der Waals surface area contributed by atoms with Gasteiger partial charge in [-0.2, -0.15) is 0 Å². The third kappa shape index (κ3) is 10.5. The largest absolute Gasteiger partial charge is 0.462 e. The average Bonchev–Trinajstić information content (AvgIpc) is 2.57. The standard InChI is InChI=1S/C21H40O4/c1-7-12-16(5)18(9-3)24-20(22)14-11-15-21(23)25-19(10-4)17(6)13-8-2/h16-19H,7-15H2,1-6H3. The summed E-state index contributed by atoms with van der Waals surface area (Å²) in [7, 11) is 0. The van der Waals surface area contributed by atoms with Gasteiger partial charge in [-0.25, -0.2) is 0 Å². The maximum absolute atomic E-state index is 12.0. The van der Waals surface area contributed by atoms with Crippen molar-refractivity contribution in [3.05, 3.63) is 0 Å². The molecule has 148 valence electrons. The summed E-state index contributed by atoms with van der Waals surface area (Å²) in [6.45, 7) is 12.6. The number of carbonyl (C=O) groups is 2. The van der Waals surface area contributed by atoms with Crippen molar-refractivity contribution in [2.75, 3.05) is 0 Å². The van der Waals surface area contributed by atoms with Gasteiger partial charge >= 0.3 is 11.9 Å². The SMILES string of the molecule is CCCC(C)C(CC)OC(=O)CCCC(=O)OC(CC)C(C)CCC. The van der Waals surface area contributed by atoms with E-state index >= 15 is 0 Å². The Balaban J connectivity index is 4.15. The maximum atomic E-state index is 12.0. The molecule has 0 saturated carbocycles. The predicted octanol–water partition coefficient (Wildman–Crippen LogP) is 5.67. The van der Waals surface area contributed by atoms with Crippen molar-refractivity contribution in [3.63, 3.8) is 0 Å². The summed E-state index contributed by atoms with van der Waals surface area (Å²) in [6, 6.07) is 0. The van der Waals surface area contributed by atoms with E-state index in [4.69, 9.17) is 9.47 Å². The first-order chi connectivity index (χ1) is 11.9. The summed E-state index contributed by atoms with van der Waals surface area (Å²) >= 11 is 0. The van der Waals surface area contributed by atoms with Crippen molar-refractivity contribution < 1.29 is 19.1 Å². The molecule has 0 aromatic carbocycles. The fourth-order valence-electron chi connectivity index (χ4n) is 3.32. The van der Waals surface area contributed by atoms with Crippen LogP contribution in [0.2, 0.25) is 0 Å². The second kappa shape index (κ2) is 14.1. The van der Waals surface area contributed by atoms with Crippen molar-refractivity contribution in [2.45, 2.75) is 112 Å². The smallest absolute Gasteiger partial charge is 0.306 e. The Labute approximate surface area is 155 Å². The molecule has 4 unspecified atom stereocenters. The van der Waals surface area contributed by atoms with E-state index in [2.05, 4.69) is 27.7 Å². The van der Waals surface area contributed by atoms with Gasteiger partial charge in [0.1, 0.15) is 12.2 Å². The highest BCUT2D eigenvalue weighted by Gasteiger charge is 2.21. The Kier molecular flexibility index (Phi) is 13.5. The Hall–Kier alpha value is -1.06. The number of rotatable bonds is 14. The highest BCUT2D eigenvalue weighted by atomic mass is 16.5. The van der Waals surface area contributed by atoms with Gasteiger partial charge in [-0.15, -0.1) is 0 Å². The molecule has 4 atom stereocenters. The molecule has 0 heterocycles. The Morgan fingerprint density at radius 3 is 1.36 bits per heavy atom. The zero-order valence-corrected chi connectivity index (χ0v) is 17.3. The van der Waals surface area contributed by atoms with Gasteiger partial charge in [0.2, 0.25) is 0 Å². The molecule has 4 nitrogen and oxygen atoms in total. The minimum absolute atomic E-state index is 0.0150. The van der Waals surface area contributed by atoms with Crippen molar-refractivity contribution in [1.82, 2.24) is 0 Å². The normalized spacial score (nSPS) is 15.9. The topological polar surface area (TPSA) is 52.6 Å². The quantitative estimate of drug-likeness (QED) is 0.376. The summed E-state index contributed by atoms with van der Waals surface area (Å²) in [6.07, 6.45) is 7.01. The number of hydrogen-bond acceptors (Lipinski definition) is 4. The summed E-state index contributed by atoms with van der Waals surface area (Å²) in [5.41, 5.74) is 0. The lowest BCUT2D eigenvalue weighted by atomic mass is 9.97. The molecule has 4 heteroatoms. The maximum Gasteiger partial charge on any atom is 0.306 e. The van der Waals surface area contributed by atoms with E-state index in [0.717, 1.165) is 38.5 Å². The van der Waals surface area contributed by atoms with Crippen LogP contribution in [0.1, 0.15) is 99.3 Å². The van der Waals surface area contributed by atoms with E-state index in [1.165, 1.54) is 0 Å². The highest BCUT2D eigenvalue weighted by Crippen LogP contribution is 2.19. The van der Waals surface area contributed by atoms with Gasteiger partial charge in [0.15, 0.2) is 0 Å². The van der Waals surface area contributed by atoms with Crippen molar-refractivity contribution in [2.24, 2.45) is 11.8 Å². The minimum Gasteiger partial charge on any atom is -0.462 e. The molecule has 0 aliphatic heterocycles. The lowest BCUT2D eigenvalue weighted by Gasteiger charge is -2.23. The summed E-state index contributed by atoms with van der Waals surface area (Å²) in [5, 5.41) is 0. The second-order valence-corrected chi connectivity index (χ2v) is 7.26. The number of ether oxygens (including phenoxy) is 2. The van der Waals surface area contributed by atoms with E-state index in [9.17, 15) is 9.59 Å². The van der Waals surface area contributed by atoms with Crippen LogP contribution in [0.4, 0.5) is 0 Å². The van der Waals surface area contributed by atoms with E-state index in [0.29, 0.717) is 18.3 Å². The minimum atomic E-state index is -0.200. The first kappa shape index (κ1) is 23.9. The van der Waals surface area contributed by atoms with Crippen LogP contribution < -0.4 is 0 Å². The molecule has 0 radical (unpaired) electrons. The van der Waals surface area contributed by atoms with E-state index in [1.54, 1.807) is 0 Å². The molecule has 0 aliphatic rings. The third-order valence-corrected chi connectivity index (χ3v) is 4.89. The van der Waals surface area contributed by atoms with Crippen LogP contribution in [0.15, 0.2) is 0 Å². The first-order valence-corrected chi connectivity index (χ1v) is 10.3. The van der Waals surface area contributed by atoms with Crippen LogP contribution in [0, 0.1) is 11.8 Å². The van der Waals surface area contributed by atoms with Gasteiger partial charge < -0.3 is 9.47 Å². The molecule has 0 N–H and O–H groups in total. The van der Waals surface area contributed by atoms with Crippen LogP contribution >= 0.6 is 0 Å². The third-order valence-electron chi connectivity index (χ3n) is 4.89. The molecular weight excluding hydrogens is 316 g/mol. The van der Waals surface area contributed by atoms with Crippen LogP contribution in [0.3, 0.4) is 0 Å². The number of carbonyl (C=O) groups excluding carboxylic acids is 2. The zero-order valence-electron chi connectivity index (χ0n) is 17.3. The van der Waals surface area contributed by atoms with Crippen LogP contribution in [-0.2, 0) is 19.1 Å². The number of hydrogen-bond donors (Lipinski definition) is 0. The molecule has 0 amide bonds. The van der Waals surface area contributed by atoms with E-state index in [1.807, 2.05) is 13.8 Å². The molecule has 0 bridgehead atoms. The molecule has 0 rings (SSSR count). The summed E-state index contributed by atoms with van der Waals surface area (Å²) in [5.74, 6) is 0.367. The fourth-order valence-corrected chi connectivity index (χ4v) is 3.32. The molecule has 0 saturated heterocycles. The zero-order chi connectivity index (χ0) is 19.2. The Morgan fingerprint density at radius 1 is 0.720 bits per heavy atom. The van der Waals surface area contributed by atoms with Crippen LogP contribution in [0.5, 0.6) is 0 Å². The van der Waals surface area contributed by atoms with Gasteiger partial charge in [-0.05, 0) is 43.9 Å². The van der Waals surface area contributed by atoms with Gasteiger partial charge in [-0.3, -0.25) is 9.59 Å². The summed E-state index contributed by atoms with van der Waals surface area (Å²) in [4.78, 5) is 24.0. The van der Waals surface area contributed by atoms with Crippen molar-refractivity contribution in [3.8, 4) is 0 Å². The molecule has 0 aliphatic carbocycles. The monoisotopic (exact) mass is 356 g/mol. The predicted molar refractivity (Wildman–Crippen MR) is 102 cm³/mol. The average molecular weight is 357 g/mol. The molecule has 0 fully saturated rings. The lowest BCUT2D eigenvalue weighted by Crippen LogP contribution is -2.25. The highest BCUT2D eigenvalue weighted by molar-refractivity contribution is 5.72. The lowest BCUT2D eigenvalue weighted by molar-refractivity contribution is -0.153. The molecule has 0 spiro atoms. The number of esters is 2. The molecule has 25 heavy (non-hydrogen) atoms. The van der Waals surface area contributed by atoms with E-state index < -0.39 is 0 Å². The van der Waals surface area contributed by atoms with Crippen molar-refractivity contribution >= 4 is 11.9 Å². The van der Waals surface area contributed by atoms with Gasteiger partial charge in [-0.1, -0.05) is 54.4 Å². The Bertz CT molecular complexity index is 333. The molecule has 0 aromatic rings. The molecule has 0 aromatic heterocycles.